The van der Waals surface area contributed by atoms with Gasteiger partial charge in [0, 0.05) is 30.5 Å². The molecule has 0 unspecified atom stereocenters. The Labute approximate surface area is 216 Å². The maximum Gasteiger partial charge on any atom is 0.254 e. The molecular weight excluding hydrogens is 478 g/mol. The van der Waals surface area contributed by atoms with Crippen molar-refractivity contribution in [2.45, 2.75) is 32.1 Å². The van der Waals surface area contributed by atoms with Crippen LogP contribution < -0.4 is 14.8 Å². The molecule has 3 aromatic rings. The zero-order valence-electron chi connectivity index (χ0n) is 20.7. The Morgan fingerprint density at radius 3 is 2.36 bits per heavy atom. The van der Waals surface area contributed by atoms with Crippen molar-refractivity contribution in [1.29, 1.82) is 0 Å². The molecule has 1 aromatic heterocycles. The Kier molecular flexibility index (Phi) is 8.10. The summed E-state index contributed by atoms with van der Waals surface area (Å²) in [6.45, 7) is 3.27. The SMILES string of the molecule is COc1cc(C)c(C(=O)N2CCC(c3ccc(NC(=O)Cc4cccnc4Cl)cc3)CC2)cc1OC. The Morgan fingerprint density at radius 2 is 1.72 bits per heavy atom. The summed E-state index contributed by atoms with van der Waals surface area (Å²) < 4.78 is 10.7. The normalized spacial score (nSPS) is 13.8. The Hall–Kier alpha value is -3.58. The molecule has 1 N–H and O–H groups in total. The van der Waals surface area contributed by atoms with E-state index in [0.29, 0.717) is 46.8 Å². The molecule has 36 heavy (non-hydrogen) atoms. The van der Waals surface area contributed by atoms with Crippen molar-refractivity contribution in [2.24, 2.45) is 0 Å². The van der Waals surface area contributed by atoms with Gasteiger partial charge in [-0.05, 0) is 72.7 Å². The lowest BCUT2D eigenvalue weighted by atomic mass is 9.89. The molecule has 8 heteroatoms. The summed E-state index contributed by atoms with van der Waals surface area (Å²) in [6, 6.07) is 15.1. The van der Waals surface area contributed by atoms with Crippen LogP contribution in [0.4, 0.5) is 5.69 Å². The number of rotatable bonds is 7. The summed E-state index contributed by atoms with van der Waals surface area (Å²) in [5.41, 5.74) is 4.14. The van der Waals surface area contributed by atoms with Gasteiger partial charge in [-0.25, -0.2) is 4.98 Å². The van der Waals surface area contributed by atoms with Gasteiger partial charge >= 0.3 is 0 Å². The minimum absolute atomic E-state index is 0.0127. The van der Waals surface area contributed by atoms with Crippen LogP contribution in [0.2, 0.25) is 5.15 Å². The molecule has 4 rings (SSSR count). The molecule has 7 nitrogen and oxygen atoms in total. The van der Waals surface area contributed by atoms with E-state index in [-0.39, 0.29) is 18.2 Å². The second-order valence-electron chi connectivity index (χ2n) is 8.89. The Balaban J connectivity index is 1.33. The van der Waals surface area contributed by atoms with E-state index in [4.69, 9.17) is 21.1 Å². The van der Waals surface area contributed by atoms with Gasteiger partial charge in [0.15, 0.2) is 11.5 Å². The first-order valence-electron chi connectivity index (χ1n) is 11.9. The van der Waals surface area contributed by atoms with Crippen LogP contribution in [-0.4, -0.2) is 49.0 Å². The van der Waals surface area contributed by atoms with E-state index in [1.807, 2.05) is 42.2 Å². The molecule has 188 valence electrons. The number of benzene rings is 2. The highest BCUT2D eigenvalue weighted by molar-refractivity contribution is 6.30. The van der Waals surface area contributed by atoms with Crippen LogP contribution in [0.25, 0.3) is 0 Å². The second-order valence-corrected chi connectivity index (χ2v) is 9.25. The summed E-state index contributed by atoms with van der Waals surface area (Å²) >= 11 is 6.05. The van der Waals surface area contributed by atoms with Crippen LogP contribution in [-0.2, 0) is 11.2 Å². The highest BCUT2D eigenvalue weighted by Crippen LogP contribution is 2.33. The highest BCUT2D eigenvalue weighted by Gasteiger charge is 2.26. The van der Waals surface area contributed by atoms with E-state index in [0.717, 1.165) is 24.1 Å². The van der Waals surface area contributed by atoms with Gasteiger partial charge in [-0.15, -0.1) is 0 Å². The summed E-state index contributed by atoms with van der Waals surface area (Å²) in [5.74, 6) is 1.40. The number of likely N-dealkylation sites (tertiary alicyclic amines) is 1. The van der Waals surface area contributed by atoms with Gasteiger partial charge in [0.05, 0.1) is 20.6 Å². The van der Waals surface area contributed by atoms with Crippen LogP contribution in [0.1, 0.15) is 45.8 Å². The predicted octanol–water partition coefficient (Wildman–Crippen LogP) is 5.26. The molecule has 1 saturated heterocycles. The zero-order valence-corrected chi connectivity index (χ0v) is 21.5. The number of aryl methyl sites for hydroxylation is 1. The second kappa shape index (κ2) is 11.4. The molecule has 0 atom stereocenters. The monoisotopic (exact) mass is 507 g/mol. The maximum absolute atomic E-state index is 13.2. The first-order valence-corrected chi connectivity index (χ1v) is 12.3. The number of ether oxygens (including phenoxy) is 2. The van der Waals surface area contributed by atoms with Gasteiger partial charge in [-0.3, -0.25) is 9.59 Å². The van der Waals surface area contributed by atoms with Crippen molar-refractivity contribution in [1.82, 2.24) is 9.88 Å². The molecule has 0 radical (unpaired) electrons. The third-order valence-electron chi connectivity index (χ3n) is 6.60. The molecule has 1 aliphatic heterocycles. The molecule has 0 spiro atoms. The summed E-state index contributed by atoms with van der Waals surface area (Å²) in [7, 11) is 3.16. The van der Waals surface area contributed by atoms with E-state index >= 15 is 0 Å². The fraction of sp³-hybridized carbons (Fsp3) is 0.321. The Morgan fingerprint density at radius 1 is 1.06 bits per heavy atom. The number of anilines is 1. The smallest absolute Gasteiger partial charge is 0.254 e. The maximum atomic E-state index is 13.2. The highest BCUT2D eigenvalue weighted by atomic mass is 35.5. The van der Waals surface area contributed by atoms with E-state index in [9.17, 15) is 9.59 Å². The standard InChI is InChI=1S/C28H30ClN3O4/c1-18-15-24(35-2)25(36-3)17-23(18)28(34)32-13-10-20(11-14-32)19-6-8-22(9-7-19)31-26(33)16-21-5-4-12-30-27(21)29/h4-9,12,15,17,20H,10-11,13-14,16H2,1-3H3,(H,31,33). The minimum Gasteiger partial charge on any atom is -0.493 e. The number of hydrogen-bond acceptors (Lipinski definition) is 5. The third-order valence-corrected chi connectivity index (χ3v) is 6.94. The van der Waals surface area contributed by atoms with Gasteiger partial charge in [0.2, 0.25) is 5.91 Å². The van der Waals surface area contributed by atoms with Gasteiger partial charge < -0.3 is 19.7 Å². The lowest BCUT2D eigenvalue weighted by Gasteiger charge is -2.33. The van der Waals surface area contributed by atoms with Gasteiger partial charge in [-0.1, -0.05) is 29.8 Å². The molecule has 2 aromatic carbocycles. The topological polar surface area (TPSA) is 80.8 Å². The van der Waals surface area contributed by atoms with Crippen LogP contribution in [0.3, 0.4) is 0 Å². The van der Waals surface area contributed by atoms with Gasteiger partial charge in [0.25, 0.3) is 5.91 Å². The fourth-order valence-corrected chi connectivity index (χ4v) is 4.75. The number of methoxy groups -OCH3 is 2. The molecule has 0 bridgehead atoms. The Bertz CT molecular complexity index is 1240. The summed E-state index contributed by atoms with van der Waals surface area (Å²) in [6.07, 6.45) is 3.52. The predicted molar refractivity (Wildman–Crippen MR) is 140 cm³/mol. The first-order chi connectivity index (χ1) is 17.4. The number of pyridine rings is 1. The number of amides is 2. The summed E-state index contributed by atoms with van der Waals surface area (Å²) in [5, 5.41) is 3.26. The van der Waals surface area contributed by atoms with Gasteiger partial charge in [-0.2, -0.15) is 0 Å². The van der Waals surface area contributed by atoms with Crippen LogP contribution in [0.15, 0.2) is 54.7 Å². The van der Waals surface area contributed by atoms with Gasteiger partial charge in [0.1, 0.15) is 5.15 Å². The van der Waals surface area contributed by atoms with Crippen molar-refractivity contribution in [3.8, 4) is 11.5 Å². The summed E-state index contributed by atoms with van der Waals surface area (Å²) in [4.78, 5) is 31.5. The van der Waals surface area contributed by atoms with Crippen molar-refractivity contribution in [3.05, 3.63) is 82.1 Å². The number of nitrogens with zero attached hydrogens (tertiary/aromatic N) is 2. The number of hydrogen-bond donors (Lipinski definition) is 1. The van der Waals surface area contributed by atoms with Crippen molar-refractivity contribution in [2.75, 3.05) is 32.6 Å². The number of halogens is 1. The van der Waals surface area contributed by atoms with Crippen molar-refractivity contribution < 1.29 is 19.1 Å². The molecule has 2 amide bonds. The lowest BCUT2D eigenvalue weighted by Crippen LogP contribution is -2.38. The van der Waals surface area contributed by atoms with E-state index in [1.54, 1.807) is 38.6 Å². The van der Waals surface area contributed by atoms with E-state index in [1.165, 1.54) is 5.56 Å². The van der Waals surface area contributed by atoms with E-state index in [2.05, 4.69) is 10.3 Å². The van der Waals surface area contributed by atoms with Crippen molar-refractivity contribution in [3.63, 3.8) is 0 Å². The zero-order chi connectivity index (χ0) is 25.7. The number of aromatic nitrogens is 1. The molecule has 1 fully saturated rings. The minimum atomic E-state index is -0.144. The molecule has 0 aliphatic carbocycles. The largest absolute Gasteiger partial charge is 0.493 e. The lowest BCUT2D eigenvalue weighted by molar-refractivity contribution is -0.115. The number of nitrogens with one attached hydrogen (secondary N) is 1. The molecular formula is C28H30ClN3O4. The van der Waals surface area contributed by atoms with E-state index < -0.39 is 0 Å². The fourth-order valence-electron chi connectivity index (χ4n) is 4.57. The molecule has 2 heterocycles. The van der Waals surface area contributed by atoms with Crippen LogP contribution >= 0.6 is 11.6 Å². The van der Waals surface area contributed by atoms with Crippen LogP contribution in [0, 0.1) is 6.92 Å². The first kappa shape index (κ1) is 25.5. The number of carbonyl (C=O) groups excluding carboxylic acids is 2. The number of carbonyl (C=O) groups is 2. The molecule has 0 saturated carbocycles. The van der Waals surface area contributed by atoms with Crippen molar-refractivity contribution >= 4 is 29.1 Å². The third kappa shape index (κ3) is 5.79. The van der Waals surface area contributed by atoms with Crippen LogP contribution in [0.5, 0.6) is 11.5 Å². The quantitative estimate of drug-likeness (QED) is 0.441. The molecule has 1 aliphatic rings. The average Bonchev–Trinajstić information content (AvgIpc) is 2.90. The average molecular weight is 508 g/mol. The number of piperidine rings is 1.